The van der Waals surface area contributed by atoms with Gasteiger partial charge in [-0.15, -0.1) is 6.58 Å². The lowest BCUT2D eigenvalue weighted by Crippen LogP contribution is -2.11. The number of hydrogen-bond donors (Lipinski definition) is 0. The summed E-state index contributed by atoms with van der Waals surface area (Å²) in [7, 11) is 0. The van der Waals surface area contributed by atoms with E-state index in [-0.39, 0.29) is 0 Å². The minimum absolute atomic E-state index is 0.574. The Morgan fingerprint density at radius 2 is 0.846 bits per heavy atom. The molecular weight excluding hydrogens is 633 g/mol. The van der Waals surface area contributed by atoms with Gasteiger partial charge in [-0.25, -0.2) is 0 Å². The van der Waals surface area contributed by atoms with Crippen LogP contribution in [-0.4, -0.2) is 13.2 Å². The molecule has 0 aliphatic carbocycles. The minimum Gasteiger partial charge on any atom is -0.377 e. The van der Waals surface area contributed by atoms with Crippen LogP contribution in [0, 0.1) is 0 Å². The van der Waals surface area contributed by atoms with Crippen molar-refractivity contribution in [1.29, 1.82) is 0 Å². The number of para-hydroxylation sites is 1. The number of ether oxygens (including phenoxy) is 1. The largest absolute Gasteiger partial charge is 0.377 e. The summed E-state index contributed by atoms with van der Waals surface area (Å²) in [6, 6.07) is 67.5. The third kappa shape index (κ3) is 6.83. The number of rotatable bonds is 12. The maximum atomic E-state index is 5.64. The summed E-state index contributed by atoms with van der Waals surface area (Å²) >= 11 is 0. The first-order chi connectivity index (χ1) is 25.8. The summed E-state index contributed by atoms with van der Waals surface area (Å²) in [5.74, 6) is 0. The zero-order valence-corrected chi connectivity index (χ0v) is 29.1. The molecule has 3 nitrogen and oxygen atoms in total. The maximum Gasteiger partial charge on any atom is 0.0644 e. The van der Waals surface area contributed by atoms with Crippen LogP contribution in [0.5, 0.6) is 0 Å². The predicted octanol–water partition coefficient (Wildman–Crippen LogP) is 13.3. The fourth-order valence-electron chi connectivity index (χ4n) is 7.01. The normalized spacial score (nSPS) is 11.1. The Morgan fingerprint density at radius 3 is 1.35 bits per heavy atom. The van der Waals surface area contributed by atoms with Gasteiger partial charge in [0.25, 0.3) is 0 Å². The molecule has 0 aliphatic rings. The lowest BCUT2D eigenvalue weighted by Gasteiger charge is -2.27. The Hall–Kier alpha value is -6.42. The lowest BCUT2D eigenvalue weighted by atomic mass is 10.0. The van der Waals surface area contributed by atoms with E-state index in [1.165, 1.54) is 38.2 Å². The van der Waals surface area contributed by atoms with E-state index in [0.717, 1.165) is 40.5 Å². The van der Waals surface area contributed by atoms with Gasteiger partial charge in [-0.2, -0.15) is 0 Å². The van der Waals surface area contributed by atoms with Gasteiger partial charge in [0.1, 0.15) is 0 Å². The molecule has 0 saturated heterocycles. The topological polar surface area (TPSA) is 15.7 Å². The third-order valence-electron chi connectivity index (χ3n) is 9.58. The van der Waals surface area contributed by atoms with Crippen molar-refractivity contribution >= 4 is 55.7 Å². The average Bonchev–Trinajstić information content (AvgIpc) is 3.21. The van der Waals surface area contributed by atoms with Crippen molar-refractivity contribution < 1.29 is 4.74 Å². The van der Waals surface area contributed by atoms with Gasteiger partial charge in [-0.1, -0.05) is 133 Å². The van der Waals surface area contributed by atoms with Gasteiger partial charge in [0.05, 0.1) is 24.6 Å². The highest BCUT2D eigenvalue weighted by atomic mass is 16.5. The highest BCUT2D eigenvalue weighted by Gasteiger charge is 2.17. The molecule has 252 valence electrons. The molecule has 52 heavy (non-hydrogen) atoms. The second kappa shape index (κ2) is 15.2. The molecule has 0 bridgehead atoms. The number of fused-ring (bicyclic) bond motifs is 2. The second-order valence-corrected chi connectivity index (χ2v) is 12.9. The van der Waals surface area contributed by atoms with Crippen molar-refractivity contribution in [3.8, 4) is 11.1 Å². The van der Waals surface area contributed by atoms with E-state index >= 15 is 0 Å². The molecule has 0 heterocycles. The SMILES string of the molecule is C=CCOCCc1ccc(N(c2ccc(-c3ccc(N(c4ccccc4)c4cccc5ccccc45)cc3)cc2)c2cccc3ccccc23)cc1. The van der Waals surface area contributed by atoms with E-state index in [1.807, 2.05) is 0 Å². The summed E-state index contributed by atoms with van der Waals surface area (Å²) in [6.07, 6.45) is 2.65. The van der Waals surface area contributed by atoms with Crippen LogP contribution < -0.4 is 9.80 Å². The van der Waals surface area contributed by atoms with Crippen molar-refractivity contribution in [1.82, 2.24) is 0 Å². The van der Waals surface area contributed by atoms with E-state index in [1.54, 1.807) is 6.08 Å². The van der Waals surface area contributed by atoms with Gasteiger partial charge in [0.2, 0.25) is 0 Å². The summed E-state index contributed by atoms with van der Waals surface area (Å²) in [5.41, 5.74) is 10.3. The molecule has 0 N–H and O–H groups in total. The van der Waals surface area contributed by atoms with E-state index in [9.17, 15) is 0 Å². The molecule has 3 heteroatoms. The Bertz CT molecular complexity index is 2410. The summed E-state index contributed by atoms with van der Waals surface area (Å²) in [6.45, 7) is 4.99. The monoisotopic (exact) mass is 672 g/mol. The van der Waals surface area contributed by atoms with Gasteiger partial charge >= 0.3 is 0 Å². The molecule has 0 aromatic heterocycles. The van der Waals surface area contributed by atoms with Gasteiger partial charge in [-0.3, -0.25) is 0 Å². The highest BCUT2D eigenvalue weighted by Crippen LogP contribution is 2.41. The smallest absolute Gasteiger partial charge is 0.0644 e. The first kappa shape index (κ1) is 32.8. The number of hydrogen-bond acceptors (Lipinski definition) is 3. The fourth-order valence-corrected chi connectivity index (χ4v) is 7.01. The van der Waals surface area contributed by atoms with Crippen LogP contribution in [-0.2, 0) is 11.2 Å². The van der Waals surface area contributed by atoms with Crippen LogP contribution in [0.4, 0.5) is 34.1 Å². The first-order valence-corrected chi connectivity index (χ1v) is 17.9. The molecule has 0 spiro atoms. The standard InChI is InChI=1S/C49H40N2O/c1-2-35-52-36-34-37-22-28-43(29-23-37)51(49-21-11-15-41-13-7-9-19-47(41)49)45-32-26-39(27-33-45)38-24-30-44(31-25-38)50(42-16-4-3-5-17-42)48-20-10-14-40-12-6-8-18-46(40)48/h2-33H,1,34-36H2. The predicted molar refractivity (Wildman–Crippen MR) is 221 cm³/mol. The molecule has 0 fully saturated rings. The summed E-state index contributed by atoms with van der Waals surface area (Å²) in [4.78, 5) is 4.70. The summed E-state index contributed by atoms with van der Waals surface area (Å²) in [5, 5.41) is 4.86. The van der Waals surface area contributed by atoms with E-state index in [0.29, 0.717) is 13.2 Å². The first-order valence-electron chi connectivity index (χ1n) is 17.9. The fraction of sp³-hybridized carbons (Fsp3) is 0.0612. The van der Waals surface area contributed by atoms with Crippen molar-refractivity contribution in [2.24, 2.45) is 0 Å². The summed E-state index contributed by atoms with van der Waals surface area (Å²) < 4.78 is 5.64. The zero-order chi connectivity index (χ0) is 35.1. The van der Waals surface area contributed by atoms with Gasteiger partial charge in [0, 0.05) is 33.5 Å². The van der Waals surface area contributed by atoms with Crippen molar-refractivity contribution in [2.75, 3.05) is 23.0 Å². The number of nitrogens with zero attached hydrogens (tertiary/aromatic N) is 2. The number of benzene rings is 8. The average molecular weight is 673 g/mol. The molecule has 0 radical (unpaired) electrons. The Kier molecular flexibility index (Phi) is 9.59. The molecule has 0 atom stereocenters. The Balaban J connectivity index is 1.12. The molecular formula is C49H40N2O. The van der Waals surface area contributed by atoms with Crippen LogP contribution >= 0.6 is 0 Å². The van der Waals surface area contributed by atoms with Gasteiger partial charge in [-0.05, 0) is 94.5 Å². The van der Waals surface area contributed by atoms with Crippen LogP contribution in [0.2, 0.25) is 0 Å². The molecule has 0 unspecified atom stereocenters. The molecule has 8 aromatic rings. The highest BCUT2D eigenvalue weighted by molar-refractivity contribution is 6.00. The van der Waals surface area contributed by atoms with Gasteiger partial charge in [0.15, 0.2) is 0 Å². The lowest BCUT2D eigenvalue weighted by molar-refractivity contribution is 0.166. The molecule has 0 amide bonds. The van der Waals surface area contributed by atoms with E-state index in [2.05, 4.69) is 204 Å². The second-order valence-electron chi connectivity index (χ2n) is 12.9. The van der Waals surface area contributed by atoms with Crippen LogP contribution in [0.1, 0.15) is 5.56 Å². The molecule has 8 aromatic carbocycles. The van der Waals surface area contributed by atoms with Crippen molar-refractivity contribution in [2.45, 2.75) is 6.42 Å². The van der Waals surface area contributed by atoms with Crippen molar-refractivity contribution in [3.63, 3.8) is 0 Å². The van der Waals surface area contributed by atoms with Gasteiger partial charge < -0.3 is 14.5 Å². The Morgan fingerprint density at radius 1 is 0.423 bits per heavy atom. The van der Waals surface area contributed by atoms with Crippen LogP contribution in [0.3, 0.4) is 0 Å². The molecule has 8 rings (SSSR count). The minimum atomic E-state index is 0.574. The van der Waals surface area contributed by atoms with Crippen LogP contribution in [0.25, 0.3) is 32.7 Å². The van der Waals surface area contributed by atoms with Crippen molar-refractivity contribution in [3.05, 3.63) is 206 Å². The van der Waals surface area contributed by atoms with E-state index < -0.39 is 0 Å². The third-order valence-corrected chi connectivity index (χ3v) is 9.58. The van der Waals surface area contributed by atoms with E-state index in [4.69, 9.17) is 4.74 Å². The Labute approximate surface area is 306 Å². The number of anilines is 6. The maximum absolute atomic E-state index is 5.64. The van der Waals surface area contributed by atoms with Crippen LogP contribution in [0.15, 0.2) is 201 Å². The zero-order valence-electron chi connectivity index (χ0n) is 29.1. The quantitative estimate of drug-likeness (QED) is 0.0949. The molecule has 0 saturated carbocycles. The molecule has 0 aliphatic heterocycles.